The van der Waals surface area contributed by atoms with E-state index in [1.807, 2.05) is 36.1 Å². The van der Waals surface area contributed by atoms with Gasteiger partial charge in [0, 0.05) is 31.4 Å². The van der Waals surface area contributed by atoms with Gasteiger partial charge in [-0.1, -0.05) is 29.8 Å². The Morgan fingerprint density at radius 2 is 2.00 bits per heavy atom. The number of likely N-dealkylation sites (tertiary alicyclic amines) is 1. The quantitative estimate of drug-likeness (QED) is 0.357. The SMILES string of the molecule is COc1ncc(-c2cc(C(F)(F)F)c3c(N)ncnn23)cc1C(=O)NC1CN(Cc2cccc(C)c2)CC1F. The molecule has 204 valence electrons. The second kappa shape index (κ2) is 10.1. The summed E-state index contributed by atoms with van der Waals surface area (Å²) in [4.78, 5) is 22.9. The average Bonchev–Trinajstić information content (AvgIpc) is 3.44. The van der Waals surface area contributed by atoms with Gasteiger partial charge in [0.2, 0.25) is 5.88 Å². The van der Waals surface area contributed by atoms with Gasteiger partial charge in [0.15, 0.2) is 5.82 Å². The van der Waals surface area contributed by atoms with Crippen LogP contribution in [-0.4, -0.2) is 62.8 Å². The minimum absolute atomic E-state index is 0.0100. The van der Waals surface area contributed by atoms with Gasteiger partial charge in [-0.2, -0.15) is 18.3 Å². The van der Waals surface area contributed by atoms with E-state index in [1.165, 1.54) is 19.4 Å². The number of pyridine rings is 1. The fourth-order valence-electron chi connectivity index (χ4n) is 4.83. The summed E-state index contributed by atoms with van der Waals surface area (Å²) in [5.41, 5.74) is 6.49. The van der Waals surface area contributed by atoms with Crippen molar-refractivity contribution < 1.29 is 27.1 Å². The number of carbonyl (C=O) groups excluding carboxylic acids is 1. The molecule has 9 nitrogen and oxygen atoms in total. The Hall–Kier alpha value is -4.26. The smallest absolute Gasteiger partial charge is 0.418 e. The normalized spacial score (nSPS) is 18.0. The monoisotopic (exact) mass is 543 g/mol. The number of carbonyl (C=O) groups is 1. The first-order valence-corrected chi connectivity index (χ1v) is 12.0. The van der Waals surface area contributed by atoms with Crippen molar-refractivity contribution in [1.29, 1.82) is 0 Å². The molecule has 0 saturated carbocycles. The van der Waals surface area contributed by atoms with E-state index in [2.05, 4.69) is 20.4 Å². The Morgan fingerprint density at radius 3 is 2.72 bits per heavy atom. The number of halogens is 4. The predicted octanol–water partition coefficient (Wildman–Crippen LogP) is 3.66. The summed E-state index contributed by atoms with van der Waals surface area (Å²) in [5, 5.41) is 6.61. The van der Waals surface area contributed by atoms with Gasteiger partial charge in [0.25, 0.3) is 5.91 Å². The molecule has 39 heavy (non-hydrogen) atoms. The highest BCUT2D eigenvalue weighted by atomic mass is 19.4. The van der Waals surface area contributed by atoms with Crippen LogP contribution in [0.4, 0.5) is 23.4 Å². The summed E-state index contributed by atoms with van der Waals surface area (Å²) in [7, 11) is 1.30. The molecule has 2 unspecified atom stereocenters. The summed E-state index contributed by atoms with van der Waals surface area (Å²) in [6.07, 6.45) is -3.76. The van der Waals surface area contributed by atoms with Crippen molar-refractivity contribution in [3.8, 4) is 17.1 Å². The lowest BCUT2D eigenvalue weighted by Gasteiger charge is -2.17. The molecule has 1 amide bonds. The maximum atomic E-state index is 14.9. The van der Waals surface area contributed by atoms with E-state index in [0.717, 1.165) is 28.0 Å². The number of alkyl halides is 4. The van der Waals surface area contributed by atoms with Crippen molar-refractivity contribution in [1.82, 2.24) is 29.8 Å². The van der Waals surface area contributed by atoms with Crippen molar-refractivity contribution in [3.05, 3.63) is 71.2 Å². The van der Waals surface area contributed by atoms with Crippen LogP contribution in [0.3, 0.4) is 0 Å². The molecule has 1 aliphatic rings. The van der Waals surface area contributed by atoms with Gasteiger partial charge in [-0.25, -0.2) is 18.9 Å². The number of nitrogen functional groups attached to an aromatic ring is 1. The summed E-state index contributed by atoms with van der Waals surface area (Å²) < 4.78 is 62.3. The van der Waals surface area contributed by atoms with Gasteiger partial charge >= 0.3 is 6.18 Å². The number of hydrogen-bond donors (Lipinski definition) is 2. The van der Waals surface area contributed by atoms with Gasteiger partial charge in [0.05, 0.1) is 24.4 Å². The lowest BCUT2D eigenvalue weighted by Crippen LogP contribution is -2.41. The molecule has 3 N–H and O–H groups in total. The first kappa shape index (κ1) is 26.4. The third-order valence-corrected chi connectivity index (χ3v) is 6.60. The summed E-state index contributed by atoms with van der Waals surface area (Å²) in [5.74, 6) is -1.09. The molecule has 1 fully saturated rings. The molecule has 0 radical (unpaired) electrons. The number of rotatable bonds is 6. The van der Waals surface area contributed by atoms with Gasteiger partial charge in [-0.15, -0.1) is 0 Å². The molecule has 4 aromatic rings. The molecule has 4 heterocycles. The number of anilines is 1. The molecule has 3 aromatic heterocycles. The minimum Gasteiger partial charge on any atom is -0.480 e. The number of aromatic nitrogens is 4. The largest absolute Gasteiger partial charge is 0.480 e. The third-order valence-electron chi connectivity index (χ3n) is 6.60. The highest BCUT2D eigenvalue weighted by Crippen LogP contribution is 2.39. The maximum Gasteiger partial charge on any atom is 0.418 e. The van der Waals surface area contributed by atoms with Gasteiger partial charge in [-0.3, -0.25) is 9.69 Å². The number of fused-ring (bicyclic) bond motifs is 1. The number of ether oxygens (including phenoxy) is 1. The van der Waals surface area contributed by atoms with E-state index in [0.29, 0.717) is 6.54 Å². The van der Waals surface area contributed by atoms with E-state index < -0.39 is 35.4 Å². The summed E-state index contributed by atoms with van der Waals surface area (Å²) >= 11 is 0. The van der Waals surface area contributed by atoms with Crippen molar-refractivity contribution in [2.24, 2.45) is 0 Å². The zero-order valence-corrected chi connectivity index (χ0v) is 21.0. The number of benzene rings is 1. The second-order valence-electron chi connectivity index (χ2n) is 9.41. The van der Waals surface area contributed by atoms with Crippen LogP contribution in [0.5, 0.6) is 5.88 Å². The van der Waals surface area contributed by atoms with Crippen molar-refractivity contribution in [2.45, 2.75) is 31.9 Å². The van der Waals surface area contributed by atoms with E-state index in [9.17, 15) is 22.4 Å². The fourth-order valence-corrected chi connectivity index (χ4v) is 4.83. The Morgan fingerprint density at radius 1 is 1.21 bits per heavy atom. The summed E-state index contributed by atoms with van der Waals surface area (Å²) in [6, 6.07) is 9.29. The number of nitrogens with one attached hydrogen (secondary N) is 1. The predicted molar refractivity (Wildman–Crippen MR) is 135 cm³/mol. The molecule has 5 rings (SSSR count). The number of hydrogen-bond acceptors (Lipinski definition) is 7. The Balaban J connectivity index is 1.42. The van der Waals surface area contributed by atoms with Crippen LogP contribution in [0.1, 0.15) is 27.0 Å². The minimum atomic E-state index is -4.73. The zero-order valence-electron chi connectivity index (χ0n) is 21.0. The Bertz CT molecular complexity index is 1540. The second-order valence-corrected chi connectivity index (χ2v) is 9.41. The van der Waals surface area contributed by atoms with Crippen LogP contribution in [0.25, 0.3) is 16.8 Å². The highest BCUT2D eigenvalue weighted by molar-refractivity contribution is 5.98. The Kier molecular flexibility index (Phi) is 6.85. The molecule has 0 aliphatic carbocycles. The van der Waals surface area contributed by atoms with Crippen molar-refractivity contribution in [2.75, 3.05) is 25.9 Å². The van der Waals surface area contributed by atoms with Gasteiger partial charge in [0.1, 0.15) is 23.6 Å². The number of methoxy groups -OCH3 is 1. The number of nitrogens with two attached hydrogens (primary N) is 1. The summed E-state index contributed by atoms with van der Waals surface area (Å²) in [6.45, 7) is 2.94. The topological polar surface area (TPSA) is 111 Å². The van der Waals surface area contributed by atoms with Gasteiger partial charge < -0.3 is 15.8 Å². The van der Waals surface area contributed by atoms with Crippen LogP contribution in [-0.2, 0) is 12.7 Å². The molecule has 0 spiro atoms. The van der Waals surface area contributed by atoms with Crippen molar-refractivity contribution in [3.63, 3.8) is 0 Å². The highest BCUT2D eigenvalue weighted by Gasteiger charge is 2.37. The van der Waals surface area contributed by atoms with Crippen LogP contribution in [0, 0.1) is 6.92 Å². The number of aryl methyl sites for hydroxylation is 1. The lowest BCUT2D eigenvalue weighted by molar-refractivity contribution is -0.136. The molecule has 1 saturated heterocycles. The lowest BCUT2D eigenvalue weighted by atomic mass is 10.1. The van der Waals surface area contributed by atoms with E-state index in [4.69, 9.17) is 10.5 Å². The molecule has 2 atom stereocenters. The average molecular weight is 544 g/mol. The standard InChI is InChI=1S/C26H25F4N7O2/c1-14-4-3-5-15(6-14)10-36-11-19(27)20(12-36)35-24(38)17-7-16(9-32-25(17)39-2)21-8-18(26(28,29)30)22-23(31)33-13-34-37(21)22/h3-9,13,19-20H,10-12H2,1-2H3,(H,35,38)(H2,31,33,34). The Labute approximate surface area is 220 Å². The molecule has 1 aliphatic heterocycles. The van der Waals surface area contributed by atoms with Crippen LogP contribution < -0.4 is 15.8 Å². The van der Waals surface area contributed by atoms with Gasteiger partial charge in [-0.05, 0) is 24.6 Å². The number of nitrogens with zero attached hydrogens (tertiary/aromatic N) is 5. The van der Waals surface area contributed by atoms with Crippen molar-refractivity contribution >= 4 is 17.2 Å². The van der Waals surface area contributed by atoms with E-state index >= 15 is 0 Å². The molecule has 13 heteroatoms. The van der Waals surface area contributed by atoms with Crippen LogP contribution in [0.15, 0.2) is 48.9 Å². The number of amides is 1. The van der Waals surface area contributed by atoms with Crippen LogP contribution in [0.2, 0.25) is 0 Å². The third kappa shape index (κ3) is 5.21. The molecule has 1 aromatic carbocycles. The van der Waals surface area contributed by atoms with E-state index in [-0.39, 0.29) is 41.6 Å². The van der Waals surface area contributed by atoms with E-state index in [1.54, 1.807) is 0 Å². The molecular formula is C26H25F4N7O2. The molecular weight excluding hydrogens is 518 g/mol. The zero-order chi connectivity index (χ0) is 27.9. The maximum absolute atomic E-state index is 14.9. The van der Waals surface area contributed by atoms with Crippen LogP contribution >= 0.6 is 0 Å². The fraction of sp³-hybridized carbons (Fsp3) is 0.308. The molecule has 0 bridgehead atoms. The first-order valence-electron chi connectivity index (χ1n) is 12.0. The first-order chi connectivity index (χ1) is 18.5.